The Labute approximate surface area is 142 Å². The molecule has 0 nitrogen and oxygen atoms in total. The molecule has 1 radical (unpaired) electrons. The Bertz CT molecular complexity index is 287. The first-order valence-electron chi connectivity index (χ1n) is 6.97. The Hall–Kier alpha value is 0.412. The summed E-state index contributed by atoms with van der Waals surface area (Å²) in [4.78, 5) is 0. The summed E-state index contributed by atoms with van der Waals surface area (Å²) in [6.07, 6.45) is 4.36. The summed E-state index contributed by atoms with van der Waals surface area (Å²) in [7, 11) is -0.00944. The minimum absolute atomic E-state index is 0. The standard InChI is InChI=1S/2C7H15Si2.V/c2*1-6(8-3)5-7(2)9-4;/h2*1,5H,8-9H2,2-4H3;/q2*-1;+2. The van der Waals surface area contributed by atoms with Gasteiger partial charge in [0.05, 0.1) is 0 Å². The van der Waals surface area contributed by atoms with Crippen molar-refractivity contribution < 1.29 is 18.6 Å². The minimum atomic E-state index is -0.0735. The summed E-state index contributed by atoms with van der Waals surface area (Å²) in [6, 6.07) is 0. The van der Waals surface area contributed by atoms with Crippen molar-refractivity contribution in [3.8, 4) is 0 Å². The summed E-state index contributed by atoms with van der Waals surface area (Å²) < 4.78 is 0. The molecule has 0 saturated carbocycles. The minimum Gasteiger partial charge on any atom is -0.294 e. The second-order valence-corrected chi connectivity index (χ2v) is 11.2. The Kier molecular flexibility index (Phi) is 21.2. The van der Waals surface area contributed by atoms with Crippen molar-refractivity contribution in [2.45, 2.75) is 40.0 Å². The van der Waals surface area contributed by atoms with E-state index in [0.29, 0.717) is 0 Å². The van der Waals surface area contributed by atoms with Crippen LogP contribution >= 0.6 is 0 Å². The third-order valence-corrected chi connectivity index (χ3v) is 7.48. The van der Waals surface area contributed by atoms with Crippen LogP contribution in [0.3, 0.4) is 0 Å². The molecule has 0 heterocycles. The molecule has 0 aliphatic heterocycles. The molecular formula is C14H30Si4V. The van der Waals surface area contributed by atoms with E-state index in [2.05, 4.69) is 52.2 Å². The van der Waals surface area contributed by atoms with E-state index >= 15 is 0 Å². The molecule has 0 aliphatic rings. The zero-order chi connectivity index (χ0) is 14.6. The van der Waals surface area contributed by atoms with Gasteiger partial charge in [-0.15, -0.1) is 0 Å². The molecule has 0 unspecified atom stereocenters. The SMILES string of the molecule is [CH-]=C(C=C(C)[SiH2]C)[SiH2]C.[CH-]=C(C=C(C)[SiH2]C)[SiH2]C.[V+2]. The van der Waals surface area contributed by atoms with E-state index in [1.54, 1.807) is 0 Å². The zero-order valence-corrected chi connectivity index (χ0v) is 20.6. The Balaban J connectivity index is -0.000000256. The first-order valence-corrected chi connectivity index (χ1v) is 15.5. The summed E-state index contributed by atoms with van der Waals surface area (Å²) >= 11 is 0. The summed E-state index contributed by atoms with van der Waals surface area (Å²) in [5.41, 5.74) is 0. The molecule has 0 amide bonds. The van der Waals surface area contributed by atoms with E-state index in [9.17, 15) is 0 Å². The van der Waals surface area contributed by atoms with Gasteiger partial charge < -0.3 is 0 Å². The van der Waals surface area contributed by atoms with E-state index in [4.69, 9.17) is 13.2 Å². The van der Waals surface area contributed by atoms with Crippen molar-refractivity contribution in [2.75, 3.05) is 0 Å². The topological polar surface area (TPSA) is 0 Å². The summed E-state index contributed by atoms with van der Waals surface area (Å²) in [5, 5.41) is 5.37. The van der Waals surface area contributed by atoms with Gasteiger partial charge in [-0.2, -0.15) is 10.4 Å². The van der Waals surface area contributed by atoms with Gasteiger partial charge in [0, 0.05) is 38.1 Å². The molecule has 5 heteroatoms. The second-order valence-electron chi connectivity index (χ2n) is 4.55. The molecule has 0 spiro atoms. The molecule has 0 rings (SSSR count). The molecule has 0 fully saturated rings. The molecule has 0 saturated heterocycles. The molecule has 0 N–H and O–H groups in total. The van der Waals surface area contributed by atoms with Crippen LogP contribution < -0.4 is 0 Å². The number of rotatable bonds is 6. The monoisotopic (exact) mass is 361 g/mol. The molecule has 0 aromatic carbocycles. The predicted molar refractivity (Wildman–Crippen MR) is 101 cm³/mol. The molecule has 0 bridgehead atoms. The van der Waals surface area contributed by atoms with Crippen LogP contribution in [0, 0.1) is 13.2 Å². The average Bonchev–Trinajstić information content (AvgIpc) is 2.38. The van der Waals surface area contributed by atoms with E-state index in [1.165, 1.54) is 10.4 Å². The van der Waals surface area contributed by atoms with E-state index in [-0.39, 0.29) is 56.6 Å². The molecule has 107 valence electrons. The van der Waals surface area contributed by atoms with Gasteiger partial charge in [-0.25, -0.2) is 22.5 Å². The fraction of sp³-hybridized carbons (Fsp3) is 0.429. The van der Waals surface area contributed by atoms with Crippen molar-refractivity contribution >= 4 is 38.1 Å². The van der Waals surface area contributed by atoms with Crippen LogP contribution in [0.4, 0.5) is 0 Å². The van der Waals surface area contributed by atoms with Gasteiger partial charge in [0.1, 0.15) is 0 Å². The van der Waals surface area contributed by atoms with Gasteiger partial charge in [-0.3, -0.25) is 13.2 Å². The van der Waals surface area contributed by atoms with E-state index < -0.39 is 0 Å². The molecule has 0 aromatic rings. The van der Waals surface area contributed by atoms with Gasteiger partial charge >= 0.3 is 18.6 Å². The fourth-order valence-electron chi connectivity index (χ4n) is 1.04. The van der Waals surface area contributed by atoms with Crippen molar-refractivity contribution in [3.63, 3.8) is 0 Å². The normalized spacial score (nSPS) is 13.6. The quantitative estimate of drug-likeness (QED) is 0.380. The van der Waals surface area contributed by atoms with Gasteiger partial charge in [-0.1, -0.05) is 40.0 Å². The summed E-state index contributed by atoms with van der Waals surface area (Å²) in [6.45, 7) is 24.7. The van der Waals surface area contributed by atoms with Gasteiger partial charge in [0.25, 0.3) is 0 Å². The molecule has 0 aliphatic carbocycles. The van der Waals surface area contributed by atoms with Gasteiger partial charge in [0.15, 0.2) is 0 Å². The third-order valence-electron chi connectivity index (χ3n) is 2.80. The Morgan fingerprint density at radius 3 is 1.11 bits per heavy atom. The van der Waals surface area contributed by atoms with Crippen molar-refractivity contribution in [1.29, 1.82) is 0 Å². The van der Waals surface area contributed by atoms with Crippen molar-refractivity contribution in [3.05, 3.63) is 46.1 Å². The molecular weight excluding hydrogens is 331 g/mol. The van der Waals surface area contributed by atoms with Crippen LogP contribution in [0.15, 0.2) is 32.9 Å². The largest absolute Gasteiger partial charge is 2.00 e. The van der Waals surface area contributed by atoms with Crippen LogP contribution in [-0.4, -0.2) is 38.1 Å². The van der Waals surface area contributed by atoms with Crippen molar-refractivity contribution in [1.82, 2.24) is 0 Å². The maximum absolute atomic E-state index is 5.67. The van der Waals surface area contributed by atoms with Crippen LogP contribution in [-0.2, 0) is 18.6 Å². The first-order chi connectivity index (χ1) is 8.40. The molecule has 19 heavy (non-hydrogen) atoms. The average molecular weight is 362 g/mol. The molecule has 0 aromatic heterocycles. The summed E-state index contributed by atoms with van der Waals surface area (Å²) in [5.74, 6) is 0. The number of hydrogen-bond donors (Lipinski definition) is 0. The fourth-order valence-corrected chi connectivity index (χ4v) is 3.66. The van der Waals surface area contributed by atoms with Gasteiger partial charge in [0.2, 0.25) is 0 Å². The van der Waals surface area contributed by atoms with Crippen LogP contribution in [0.2, 0.25) is 26.2 Å². The third kappa shape index (κ3) is 18.4. The van der Waals surface area contributed by atoms with Gasteiger partial charge in [-0.05, 0) is 0 Å². The Morgan fingerprint density at radius 2 is 0.947 bits per heavy atom. The smallest absolute Gasteiger partial charge is 0.294 e. The van der Waals surface area contributed by atoms with E-state index in [1.807, 2.05) is 0 Å². The first kappa shape index (κ1) is 24.4. The van der Waals surface area contributed by atoms with Crippen LogP contribution in [0.25, 0.3) is 0 Å². The van der Waals surface area contributed by atoms with Crippen LogP contribution in [0.5, 0.6) is 0 Å². The maximum atomic E-state index is 5.67. The number of hydrogen-bond acceptors (Lipinski definition) is 0. The van der Waals surface area contributed by atoms with Crippen molar-refractivity contribution in [2.24, 2.45) is 0 Å². The maximum Gasteiger partial charge on any atom is 2.00 e. The zero-order valence-electron chi connectivity index (χ0n) is 13.6. The molecule has 0 atom stereocenters. The predicted octanol–water partition coefficient (Wildman–Crippen LogP) is 1.28. The Morgan fingerprint density at radius 1 is 0.684 bits per heavy atom. The van der Waals surface area contributed by atoms with E-state index in [0.717, 1.165) is 10.4 Å². The van der Waals surface area contributed by atoms with Crippen LogP contribution in [0.1, 0.15) is 13.8 Å². The second kappa shape index (κ2) is 16.5. The number of allylic oxidation sites excluding steroid dienone is 6.